The van der Waals surface area contributed by atoms with Crippen molar-refractivity contribution in [3.8, 4) is 10.7 Å². The third kappa shape index (κ3) is 5.18. The van der Waals surface area contributed by atoms with E-state index in [1.807, 2.05) is 43.5 Å². The van der Waals surface area contributed by atoms with Gasteiger partial charge in [0.05, 0.1) is 11.3 Å². The number of nitrogens with zero attached hydrogens (tertiary/aromatic N) is 2. The Labute approximate surface area is 178 Å². The van der Waals surface area contributed by atoms with Gasteiger partial charge in [-0.15, -0.1) is 11.3 Å². The number of benzene rings is 1. The maximum Gasteiger partial charge on any atom is 0.247 e. The molecule has 1 aromatic carbocycles. The quantitative estimate of drug-likeness (QED) is 0.496. The lowest BCUT2D eigenvalue weighted by Gasteiger charge is -2.15. The highest BCUT2D eigenvalue weighted by Gasteiger charge is 2.21. The minimum Gasteiger partial charge on any atom is -0.354 e. The Morgan fingerprint density at radius 3 is 2.55 bits per heavy atom. The molecule has 9 heteroatoms. The maximum atomic E-state index is 12.8. The molecule has 3 N–H and O–H groups in total. The topological polar surface area (TPSA) is 91.8 Å². The van der Waals surface area contributed by atoms with Gasteiger partial charge in [-0.2, -0.15) is 5.10 Å². The molecular weight excluding hydrogens is 406 g/mol. The molecule has 152 valence electrons. The molecular formula is C20H23N5O2S2. The lowest BCUT2D eigenvalue weighted by Crippen LogP contribution is -2.31. The lowest BCUT2D eigenvalue weighted by atomic mass is 10.1. The van der Waals surface area contributed by atoms with E-state index in [1.165, 1.54) is 11.3 Å². The largest absolute Gasteiger partial charge is 0.354 e. The number of carbonyl (C=O) groups is 2. The summed E-state index contributed by atoms with van der Waals surface area (Å²) in [5.74, 6) is 0.408. The molecule has 2 amide bonds. The van der Waals surface area contributed by atoms with Crippen molar-refractivity contribution < 1.29 is 9.59 Å². The summed E-state index contributed by atoms with van der Waals surface area (Å²) >= 11 is 6.86. The van der Waals surface area contributed by atoms with Gasteiger partial charge in [-0.05, 0) is 62.1 Å². The molecule has 0 aliphatic heterocycles. The zero-order valence-electron chi connectivity index (χ0n) is 16.4. The monoisotopic (exact) mass is 429 g/mol. The molecule has 0 aliphatic rings. The molecule has 1 unspecified atom stereocenters. The Kier molecular flexibility index (Phi) is 6.60. The molecule has 0 saturated carbocycles. The van der Waals surface area contributed by atoms with Crippen molar-refractivity contribution in [2.45, 2.75) is 39.3 Å². The van der Waals surface area contributed by atoms with Gasteiger partial charge in [-0.3, -0.25) is 19.3 Å². The second kappa shape index (κ2) is 9.15. The zero-order chi connectivity index (χ0) is 21.0. The highest BCUT2D eigenvalue weighted by atomic mass is 32.1. The van der Waals surface area contributed by atoms with Gasteiger partial charge in [-0.25, -0.2) is 0 Å². The Morgan fingerprint density at radius 1 is 1.21 bits per heavy atom. The van der Waals surface area contributed by atoms with Gasteiger partial charge < -0.3 is 10.6 Å². The average Bonchev–Trinajstić information content (AvgIpc) is 3.31. The van der Waals surface area contributed by atoms with Crippen LogP contribution in [0.3, 0.4) is 0 Å². The van der Waals surface area contributed by atoms with E-state index in [9.17, 15) is 9.59 Å². The van der Waals surface area contributed by atoms with Gasteiger partial charge >= 0.3 is 0 Å². The second-order valence-electron chi connectivity index (χ2n) is 6.96. The predicted molar refractivity (Wildman–Crippen MR) is 117 cm³/mol. The fourth-order valence-corrected chi connectivity index (χ4v) is 3.87. The number of amides is 2. The van der Waals surface area contributed by atoms with Crippen LogP contribution in [-0.4, -0.2) is 32.6 Å². The highest BCUT2D eigenvalue weighted by molar-refractivity contribution is 7.71. The summed E-state index contributed by atoms with van der Waals surface area (Å²) < 4.78 is 2.10. The van der Waals surface area contributed by atoms with Crippen LogP contribution in [0.2, 0.25) is 0 Å². The normalized spacial score (nSPS) is 12.0. The van der Waals surface area contributed by atoms with Gasteiger partial charge in [0.2, 0.25) is 11.8 Å². The number of hydrogen-bond acceptors (Lipinski definition) is 5. The van der Waals surface area contributed by atoms with E-state index in [1.54, 1.807) is 23.6 Å². The third-order valence-electron chi connectivity index (χ3n) is 4.25. The van der Waals surface area contributed by atoms with Crippen molar-refractivity contribution in [3.63, 3.8) is 0 Å². The first kappa shape index (κ1) is 20.9. The zero-order valence-corrected chi connectivity index (χ0v) is 18.1. The van der Waals surface area contributed by atoms with Crippen LogP contribution in [0.1, 0.15) is 32.4 Å². The molecule has 0 spiro atoms. The molecule has 1 atom stereocenters. The number of H-pyrrole nitrogens is 1. The van der Waals surface area contributed by atoms with Crippen LogP contribution < -0.4 is 10.6 Å². The summed E-state index contributed by atoms with van der Waals surface area (Å²) in [7, 11) is 0. The summed E-state index contributed by atoms with van der Waals surface area (Å²) in [6.07, 6.45) is 0.303. The molecule has 7 nitrogen and oxygen atoms in total. The summed E-state index contributed by atoms with van der Waals surface area (Å²) in [6, 6.07) is 10.7. The number of rotatable bonds is 7. The fourth-order valence-electron chi connectivity index (χ4n) is 2.87. The predicted octanol–water partition coefficient (Wildman–Crippen LogP) is 3.94. The van der Waals surface area contributed by atoms with Crippen molar-refractivity contribution in [1.82, 2.24) is 20.1 Å². The molecule has 0 aliphatic carbocycles. The Hall–Kier alpha value is -2.78. The van der Waals surface area contributed by atoms with Gasteiger partial charge in [0.15, 0.2) is 10.6 Å². The molecule has 3 aromatic rings. The molecule has 2 aromatic heterocycles. The fraction of sp³-hybridized carbons (Fsp3) is 0.300. The van der Waals surface area contributed by atoms with Gasteiger partial charge in [0.25, 0.3) is 0 Å². The van der Waals surface area contributed by atoms with Crippen molar-refractivity contribution in [2.75, 3.05) is 5.32 Å². The van der Waals surface area contributed by atoms with Crippen LogP contribution in [0.4, 0.5) is 5.69 Å². The Morgan fingerprint density at radius 2 is 1.93 bits per heavy atom. The van der Waals surface area contributed by atoms with Crippen molar-refractivity contribution in [3.05, 3.63) is 52.1 Å². The number of thiophene rings is 1. The SMILES string of the molecule is CC(C)NC(=O)Cc1ccc(NC(=O)C(C)n2c(-c3cccs3)n[nH]c2=S)cc1. The van der Waals surface area contributed by atoms with Crippen LogP contribution in [-0.2, 0) is 16.0 Å². The number of anilines is 1. The van der Waals surface area contributed by atoms with E-state index in [4.69, 9.17) is 12.2 Å². The number of nitrogens with one attached hydrogen (secondary N) is 3. The number of aromatic amines is 1. The molecule has 3 rings (SSSR count). The van der Waals surface area contributed by atoms with E-state index >= 15 is 0 Å². The van der Waals surface area contributed by atoms with E-state index < -0.39 is 6.04 Å². The summed E-state index contributed by atoms with van der Waals surface area (Å²) in [4.78, 5) is 25.6. The van der Waals surface area contributed by atoms with Gasteiger partial charge in [0, 0.05) is 11.7 Å². The molecule has 0 saturated heterocycles. The minimum absolute atomic E-state index is 0.0270. The van der Waals surface area contributed by atoms with Gasteiger partial charge in [-0.1, -0.05) is 18.2 Å². The number of hydrogen-bond donors (Lipinski definition) is 3. The third-order valence-corrected chi connectivity index (χ3v) is 5.40. The first-order chi connectivity index (χ1) is 13.8. The van der Waals surface area contributed by atoms with E-state index in [-0.39, 0.29) is 17.9 Å². The Bertz CT molecular complexity index is 1040. The number of aromatic nitrogens is 3. The smallest absolute Gasteiger partial charge is 0.247 e. The lowest BCUT2D eigenvalue weighted by molar-refractivity contribution is -0.121. The number of carbonyl (C=O) groups excluding carboxylic acids is 2. The van der Waals surface area contributed by atoms with Crippen LogP contribution in [0.5, 0.6) is 0 Å². The maximum absolute atomic E-state index is 12.8. The van der Waals surface area contributed by atoms with Crippen LogP contribution in [0, 0.1) is 4.77 Å². The summed E-state index contributed by atoms with van der Waals surface area (Å²) in [5, 5.41) is 14.7. The standard InChI is InChI=1S/C20H23N5O2S2/c1-12(2)21-17(26)11-14-6-8-15(9-7-14)22-19(27)13(3)25-18(23-24-20(25)28)16-5-4-10-29-16/h4-10,12-13H,11H2,1-3H3,(H,21,26)(H,22,27)(H,24,28). The van der Waals surface area contributed by atoms with Gasteiger partial charge in [0.1, 0.15) is 6.04 Å². The molecule has 2 heterocycles. The minimum atomic E-state index is -0.546. The average molecular weight is 430 g/mol. The van der Waals surface area contributed by atoms with Crippen molar-refractivity contribution >= 4 is 41.1 Å². The van der Waals surface area contributed by atoms with Crippen molar-refractivity contribution in [2.24, 2.45) is 0 Å². The molecule has 0 fully saturated rings. The first-order valence-electron chi connectivity index (χ1n) is 9.25. The van der Waals surface area contributed by atoms with E-state index in [0.29, 0.717) is 22.7 Å². The Balaban J connectivity index is 1.69. The van der Waals surface area contributed by atoms with Crippen molar-refractivity contribution in [1.29, 1.82) is 0 Å². The molecule has 0 radical (unpaired) electrons. The van der Waals surface area contributed by atoms with Crippen LogP contribution >= 0.6 is 23.6 Å². The second-order valence-corrected chi connectivity index (χ2v) is 8.30. The van der Waals surface area contributed by atoms with Crippen LogP contribution in [0.25, 0.3) is 10.7 Å². The first-order valence-corrected chi connectivity index (χ1v) is 10.5. The summed E-state index contributed by atoms with van der Waals surface area (Å²) in [6.45, 7) is 5.63. The summed E-state index contributed by atoms with van der Waals surface area (Å²) in [5.41, 5.74) is 1.54. The highest BCUT2D eigenvalue weighted by Crippen LogP contribution is 2.26. The van der Waals surface area contributed by atoms with E-state index in [0.717, 1.165) is 10.4 Å². The van der Waals surface area contributed by atoms with Crippen LogP contribution in [0.15, 0.2) is 41.8 Å². The molecule has 0 bridgehead atoms. The molecule has 29 heavy (non-hydrogen) atoms. The van der Waals surface area contributed by atoms with E-state index in [2.05, 4.69) is 20.8 Å².